The fourth-order valence-electron chi connectivity index (χ4n) is 7.51. The molecule has 9 aliphatic rings. The van der Waals surface area contributed by atoms with Crippen LogP contribution in [0.4, 0.5) is 0 Å². The van der Waals surface area contributed by atoms with E-state index in [0.717, 1.165) is 46.1 Å². The summed E-state index contributed by atoms with van der Waals surface area (Å²) in [5.74, 6) is 0. The maximum absolute atomic E-state index is 5.19. The first-order valence-electron chi connectivity index (χ1n) is 34.3. The number of piperazine rings is 1. The van der Waals surface area contributed by atoms with E-state index in [1.54, 1.807) is 46.8 Å². The Morgan fingerprint density at radius 3 is 0.634 bits per heavy atom. The van der Waals surface area contributed by atoms with Gasteiger partial charge in [-0.3, -0.25) is 0 Å². The molecule has 0 aliphatic carbocycles. The second-order valence-electron chi connectivity index (χ2n) is 19.3. The zero-order valence-corrected chi connectivity index (χ0v) is 70.3. The Balaban J connectivity index is -0.000000101. The summed E-state index contributed by atoms with van der Waals surface area (Å²) in [6.45, 7) is 60.9. The van der Waals surface area contributed by atoms with Crippen LogP contribution < -0.4 is 0 Å². The van der Waals surface area contributed by atoms with E-state index in [0.29, 0.717) is 0 Å². The van der Waals surface area contributed by atoms with Crippen molar-refractivity contribution in [3.8, 4) is 0 Å². The van der Waals surface area contributed by atoms with Crippen molar-refractivity contribution in [2.24, 2.45) is 0 Å². The summed E-state index contributed by atoms with van der Waals surface area (Å²) in [6, 6.07) is 0. The van der Waals surface area contributed by atoms with Crippen LogP contribution in [0.15, 0.2) is 0 Å². The van der Waals surface area contributed by atoms with Crippen LogP contribution in [0.5, 0.6) is 0 Å². The number of hydrogen-bond acceptors (Lipinski definition) is 12. The van der Waals surface area contributed by atoms with E-state index < -0.39 is 0 Å². The Bertz CT molecular complexity index is 1080. The molecule has 0 aromatic carbocycles. The summed E-state index contributed by atoms with van der Waals surface area (Å²) in [5.41, 5.74) is 0. The van der Waals surface area contributed by atoms with E-state index in [4.69, 9.17) is 9.47 Å². The van der Waals surface area contributed by atoms with Crippen LogP contribution in [0.2, 0.25) is 0 Å². The van der Waals surface area contributed by atoms with Gasteiger partial charge in [-0.15, -0.1) is 0 Å². The molecule has 15 heteroatoms. The average molecular weight is 1690 g/mol. The van der Waals surface area contributed by atoms with Crippen molar-refractivity contribution in [3.05, 3.63) is 0 Å². The Morgan fingerprint density at radius 1 is 0.220 bits per heavy atom. The van der Waals surface area contributed by atoms with E-state index in [2.05, 4.69) is 119 Å². The number of morpholine rings is 2. The molecule has 82 heavy (non-hydrogen) atoms. The van der Waals surface area contributed by atoms with Gasteiger partial charge in [0.15, 0.2) is 0 Å². The topological polar surface area (TPSA) is 50.9 Å². The molecule has 0 aromatic heterocycles. The van der Waals surface area contributed by atoms with Gasteiger partial charge in [-0.25, -0.2) is 0 Å². The third kappa shape index (κ3) is 79.2. The molecule has 0 atom stereocenters. The van der Waals surface area contributed by atoms with E-state index in [9.17, 15) is 0 Å². The molecule has 9 rings (SSSR count). The summed E-state index contributed by atoms with van der Waals surface area (Å²) >= 11 is 4.83. The number of piperidine rings is 2. The molecular weight excluding hydrogens is 1530 g/mol. The first-order chi connectivity index (χ1) is 39.7. The number of rotatable bonds is 0. The predicted molar refractivity (Wildman–Crippen MR) is 368 cm³/mol. The van der Waals surface area contributed by atoms with Crippen LogP contribution in [-0.2, 0) is 67.5 Å². The molecule has 0 saturated carbocycles. The van der Waals surface area contributed by atoms with Crippen LogP contribution in [0.3, 0.4) is 0 Å². The van der Waals surface area contributed by atoms with Gasteiger partial charge in [0.1, 0.15) is 0 Å². The zero-order valence-electron chi connectivity index (χ0n) is 61.5. The van der Waals surface area contributed by atoms with Crippen molar-refractivity contribution in [2.45, 2.75) is 221 Å². The van der Waals surface area contributed by atoms with Crippen molar-refractivity contribution in [2.75, 3.05) is 208 Å². The fraction of sp³-hybridized carbons (Fsp3) is 0.955. The van der Waals surface area contributed by atoms with Gasteiger partial charge in [0.25, 0.3) is 0 Å². The second-order valence-corrected chi connectivity index (χ2v) is 24.4. The van der Waals surface area contributed by atoms with Gasteiger partial charge in [-0.2, -0.15) is 0 Å². The van der Waals surface area contributed by atoms with Gasteiger partial charge in [0, 0.05) is 39.3 Å². The molecule has 12 nitrogen and oxygen atoms in total. The van der Waals surface area contributed by atoms with Crippen LogP contribution in [0.1, 0.15) is 221 Å². The first-order valence-corrected chi connectivity index (χ1v) is 38.7. The summed E-state index contributed by atoms with van der Waals surface area (Å²) < 4.78 is 15.0. The molecule has 0 spiro atoms. The van der Waals surface area contributed by atoms with E-state index in [1.807, 2.05) is 125 Å². The molecule has 9 saturated heterocycles. The summed E-state index contributed by atoms with van der Waals surface area (Å²) in [4.78, 5) is 23.5. The average Bonchev–Trinajstić information content (AvgIpc) is 4.10. The Hall–Kier alpha value is 1.19. The second kappa shape index (κ2) is 88.6. The molecular formula is C67H156N10O2W3. The molecule has 0 N–H and O–H groups in total. The molecule has 9 fully saturated rings. The molecule has 0 bridgehead atoms. The monoisotopic (exact) mass is 1690 g/mol. The molecule has 9 aliphatic heterocycles. The van der Waals surface area contributed by atoms with Crippen LogP contribution in [0.25, 0.3) is 0 Å². The van der Waals surface area contributed by atoms with Gasteiger partial charge in [-0.1, -0.05) is 144 Å². The molecule has 0 aromatic rings. The summed E-state index contributed by atoms with van der Waals surface area (Å²) in [5, 5.41) is 0. The number of ether oxygens (including phenoxy) is 2. The minimum atomic E-state index is 0.853. The van der Waals surface area contributed by atoms with Crippen molar-refractivity contribution in [1.82, 2.24) is 49.0 Å². The molecule has 504 valence electrons. The van der Waals surface area contributed by atoms with Gasteiger partial charge in [-0.05, 0) is 147 Å². The van der Waals surface area contributed by atoms with Gasteiger partial charge in [0.2, 0.25) is 0 Å². The van der Waals surface area contributed by atoms with Crippen LogP contribution in [-0.4, -0.2) is 269 Å². The van der Waals surface area contributed by atoms with Crippen LogP contribution in [0, 0.1) is 0 Å². The third-order valence-corrected chi connectivity index (χ3v) is 18.1. The molecule has 0 radical (unpaired) electrons. The quantitative estimate of drug-likeness (QED) is 0.232. The van der Waals surface area contributed by atoms with E-state index >= 15 is 0 Å². The third-order valence-electron chi connectivity index (χ3n) is 12.9. The fourth-order valence-corrected chi connectivity index (χ4v) is 9.83. The number of hydrogen-bond donors (Lipinski definition) is 0. The van der Waals surface area contributed by atoms with Crippen LogP contribution >= 0.6 is 0 Å². The van der Waals surface area contributed by atoms with Gasteiger partial charge < -0.3 is 39.0 Å². The normalized spacial score (nSPS) is 20.1. The standard InChI is InChI=1S/C7H15N.C6H14N2.C6H13N.C6H11N.C5H11NO.C5H9NO.C5H11N.C5H9N.C4H9N.9C2H6.3W/c1-8-6-4-2-3-5-7-8;1-7-3-5-8(2)6-4-7;2*1-7-5-3-2-4-6-7;2*1-6-2-4-7-5-3-6;2*1-6-4-2-3-5-6;1-5-3-2-4-5;9*1-2;;;/h2-7H2,1H3;3-6H2,1-2H3;2-6H2,1H3;2*2-5H2,1H3;2,4-5H2,1H3;2-5H2,1H3;2-4H2,1H3;2-4H2,1H3;9*1-2H3;;;. The summed E-state index contributed by atoms with van der Waals surface area (Å²) in [7, 11) is 21.7. The maximum atomic E-state index is 5.19. The Morgan fingerprint density at radius 2 is 0.451 bits per heavy atom. The Labute approximate surface area is 553 Å². The number of likely N-dealkylation sites (N-methyl/N-ethyl adjacent to an activating group) is 4. The van der Waals surface area contributed by atoms with E-state index in [1.165, 1.54) is 211 Å². The van der Waals surface area contributed by atoms with Crippen molar-refractivity contribution >= 4 is 12.1 Å². The summed E-state index contributed by atoms with van der Waals surface area (Å²) in [6.07, 6.45) is 21.1. The zero-order chi connectivity index (χ0) is 65.4. The Kier molecular flexibility index (Phi) is 110. The first kappa shape index (κ1) is 102. The number of likely N-dealkylation sites (tertiary alicyclic amines) is 6. The minimum absolute atomic E-state index is 0.853. The molecule has 9 heterocycles. The van der Waals surface area contributed by atoms with E-state index in [-0.39, 0.29) is 0 Å². The SMILES string of the molecule is CC.CC.CC.CC.CC.CC.CC.CC.CC.CN1CCC1.CN1CCCC1.CN1CCCCC1.CN1CCCCCC1.CN1CCCC[C]1=[W].CN1CCC[C]1=[W].CN1CCN(C)CC1.CN1CCOCC1.CN1CCOC[C]1=[W]. The van der Waals surface area contributed by atoms with Crippen molar-refractivity contribution < 1.29 is 67.5 Å². The van der Waals surface area contributed by atoms with Crippen molar-refractivity contribution in [1.29, 1.82) is 0 Å². The predicted octanol–water partition coefficient (Wildman–Crippen LogP) is 13.5. The van der Waals surface area contributed by atoms with Gasteiger partial charge in [0.05, 0.1) is 13.2 Å². The molecule has 0 amide bonds. The molecule has 0 unspecified atom stereocenters. The van der Waals surface area contributed by atoms with Gasteiger partial charge >= 0.3 is 176 Å². The number of nitrogens with zero attached hydrogens (tertiary/aromatic N) is 10. The van der Waals surface area contributed by atoms with Crippen molar-refractivity contribution in [3.63, 3.8) is 0 Å².